The highest BCUT2D eigenvalue weighted by Crippen LogP contribution is 2.33. The molecule has 0 atom stereocenters. The molecular weight excluding hydrogens is 404 g/mol. The van der Waals surface area contributed by atoms with Gasteiger partial charge in [-0.05, 0) is 66.9 Å². The normalized spacial score (nSPS) is 17.5. The van der Waals surface area contributed by atoms with Crippen LogP contribution in [0.15, 0.2) is 48.5 Å². The summed E-state index contributed by atoms with van der Waals surface area (Å²) in [6.45, 7) is 2.72. The van der Waals surface area contributed by atoms with Gasteiger partial charge in [-0.2, -0.15) is 5.10 Å². The van der Waals surface area contributed by atoms with Crippen LogP contribution in [0.5, 0.6) is 5.75 Å². The molecule has 2 aromatic carbocycles. The summed E-state index contributed by atoms with van der Waals surface area (Å²) >= 11 is 6.00. The van der Waals surface area contributed by atoms with Crippen molar-refractivity contribution in [3.8, 4) is 17.1 Å². The lowest BCUT2D eigenvalue weighted by Gasteiger charge is -2.28. The van der Waals surface area contributed by atoms with Crippen LogP contribution in [0, 0.1) is 4.77 Å². The maximum Gasteiger partial charge on any atom is 0.199 e. The molecule has 2 heterocycles. The van der Waals surface area contributed by atoms with Crippen LogP contribution in [-0.2, 0) is 19.6 Å². The molecule has 1 aliphatic carbocycles. The molecular formula is C25H30N4OS. The van der Waals surface area contributed by atoms with Crippen LogP contribution >= 0.6 is 12.2 Å². The third-order valence-electron chi connectivity index (χ3n) is 6.70. The fourth-order valence-electron chi connectivity index (χ4n) is 4.98. The van der Waals surface area contributed by atoms with Crippen LogP contribution < -0.4 is 4.74 Å². The molecule has 2 aliphatic rings. The van der Waals surface area contributed by atoms with Gasteiger partial charge < -0.3 is 4.74 Å². The van der Waals surface area contributed by atoms with Crippen LogP contribution in [0.4, 0.5) is 0 Å². The zero-order valence-electron chi connectivity index (χ0n) is 18.2. The molecule has 1 saturated carbocycles. The lowest BCUT2D eigenvalue weighted by Crippen LogP contribution is -2.32. The molecule has 0 spiro atoms. The molecule has 0 bridgehead atoms. The topological polar surface area (TPSA) is 35.2 Å². The highest BCUT2D eigenvalue weighted by molar-refractivity contribution is 7.71. The van der Waals surface area contributed by atoms with Gasteiger partial charge in [-0.15, -0.1) is 0 Å². The van der Waals surface area contributed by atoms with E-state index in [2.05, 4.69) is 45.9 Å². The number of fused-ring (bicyclic) bond motifs is 1. The van der Waals surface area contributed by atoms with Gasteiger partial charge in [-0.1, -0.05) is 43.5 Å². The maximum atomic E-state index is 6.00. The molecule has 6 heteroatoms. The van der Waals surface area contributed by atoms with Gasteiger partial charge in [0.15, 0.2) is 10.6 Å². The highest BCUT2D eigenvalue weighted by atomic mass is 32.1. The Bertz CT molecular complexity index is 1100. The first kappa shape index (κ1) is 20.5. The lowest BCUT2D eigenvalue weighted by atomic mass is 9.95. The first-order valence-corrected chi connectivity index (χ1v) is 11.8. The van der Waals surface area contributed by atoms with E-state index in [9.17, 15) is 0 Å². The minimum atomic E-state index is 0.439. The summed E-state index contributed by atoms with van der Waals surface area (Å²) in [5.74, 6) is 1.84. The van der Waals surface area contributed by atoms with Gasteiger partial charge in [0.25, 0.3) is 0 Å². The second-order valence-corrected chi connectivity index (χ2v) is 9.07. The summed E-state index contributed by atoms with van der Waals surface area (Å²) < 4.78 is 10.6. The van der Waals surface area contributed by atoms with E-state index < -0.39 is 0 Å². The number of aromatic nitrogens is 3. The number of nitrogens with zero attached hydrogens (tertiary/aromatic N) is 4. The molecule has 3 aromatic rings. The summed E-state index contributed by atoms with van der Waals surface area (Å²) in [6, 6.07) is 17.4. The zero-order valence-corrected chi connectivity index (χ0v) is 19.0. The summed E-state index contributed by atoms with van der Waals surface area (Å²) in [5.41, 5.74) is 3.98. The number of ether oxygens (including phenoxy) is 1. The van der Waals surface area contributed by atoms with Gasteiger partial charge in [-0.3, -0.25) is 9.47 Å². The molecule has 5 rings (SSSR count). The van der Waals surface area contributed by atoms with Crippen molar-refractivity contribution in [3.63, 3.8) is 0 Å². The third-order valence-corrected chi connectivity index (χ3v) is 7.11. The molecule has 0 N–H and O–H groups in total. The van der Waals surface area contributed by atoms with Crippen molar-refractivity contribution in [2.45, 2.75) is 57.8 Å². The monoisotopic (exact) mass is 434 g/mol. The fourth-order valence-corrected chi connectivity index (χ4v) is 5.32. The van der Waals surface area contributed by atoms with Crippen LogP contribution in [0.3, 0.4) is 0 Å². The van der Waals surface area contributed by atoms with Crippen LogP contribution in [0.1, 0.15) is 49.3 Å². The number of hydrogen-bond donors (Lipinski definition) is 0. The average Bonchev–Trinajstić information content (AvgIpc) is 3.15. The Kier molecular flexibility index (Phi) is 5.92. The van der Waals surface area contributed by atoms with Gasteiger partial charge >= 0.3 is 0 Å². The van der Waals surface area contributed by atoms with Crippen molar-refractivity contribution >= 4 is 12.2 Å². The number of hydrogen-bond acceptors (Lipinski definition) is 4. The van der Waals surface area contributed by atoms with Gasteiger partial charge in [0.2, 0.25) is 0 Å². The van der Waals surface area contributed by atoms with E-state index in [-0.39, 0.29) is 0 Å². The molecule has 1 fully saturated rings. The first-order valence-electron chi connectivity index (χ1n) is 11.4. The number of benzene rings is 2. The highest BCUT2D eigenvalue weighted by Gasteiger charge is 2.24. The molecule has 5 nitrogen and oxygen atoms in total. The predicted octanol–water partition coefficient (Wildman–Crippen LogP) is 5.61. The van der Waals surface area contributed by atoms with Crippen molar-refractivity contribution in [2.24, 2.45) is 0 Å². The van der Waals surface area contributed by atoms with Gasteiger partial charge in [0.05, 0.1) is 13.8 Å². The van der Waals surface area contributed by atoms with E-state index in [1.165, 1.54) is 43.2 Å². The Morgan fingerprint density at radius 3 is 2.48 bits per heavy atom. The van der Waals surface area contributed by atoms with Gasteiger partial charge in [-0.25, -0.2) is 4.68 Å². The minimum absolute atomic E-state index is 0.439. The molecule has 0 radical (unpaired) electrons. The Hall–Kier alpha value is -2.44. The standard InChI is InChI=1S/C25H30N4OS/c1-30-23-13-11-20(12-14-23)24-26-28(25(31)29(24)22-9-3-2-4-10-22)18-27-16-15-19-7-5-6-8-21(19)17-27/h5-8,11-14,22H,2-4,9-10,15-18H2,1H3. The average molecular weight is 435 g/mol. The molecule has 1 aliphatic heterocycles. The van der Waals surface area contributed by atoms with Crippen molar-refractivity contribution in [2.75, 3.05) is 13.7 Å². The smallest absolute Gasteiger partial charge is 0.199 e. The molecule has 0 amide bonds. The number of methoxy groups -OCH3 is 1. The van der Waals surface area contributed by atoms with Crippen LogP contribution in [0.2, 0.25) is 0 Å². The quantitative estimate of drug-likeness (QED) is 0.489. The van der Waals surface area contributed by atoms with Crippen LogP contribution in [0.25, 0.3) is 11.4 Å². The molecule has 31 heavy (non-hydrogen) atoms. The molecule has 162 valence electrons. The van der Waals surface area contributed by atoms with Gasteiger partial charge in [0, 0.05) is 24.7 Å². The maximum absolute atomic E-state index is 6.00. The fraction of sp³-hybridized carbons (Fsp3) is 0.440. The van der Waals surface area contributed by atoms with Crippen molar-refractivity contribution < 1.29 is 4.74 Å². The van der Waals surface area contributed by atoms with E-state index >= 15 is 0 Å². The Morgan fingerprint density at radius 2 is 1.74 bits per heavy atom. The minimum Gasteiger partial charge on any atom is -0.497 e. The summed E-state index contributed by atoms with van der Waals surface area (Å²) in [4.78, 5) is 2.45. The Balaban J connectivity index is 1.48. The van der Waals surface area contributed by atoms with E-state index in [0.29, 0.717) is 6.04 Å². The second-order valence-electron chi connectivity index (χ2n) is 8.71. The van der Waals surface area contributed by atoms with E-state index in [1.807, 2.05) is 16.8 Å². The molecule has 1 aromatic heterocycles. The van der Waals surface area contributed by atoms with Crippen molar-refractivity contribution in [1.29, 1.82) is 0 Å². The predicted molar refractivity (Wildman–Crippen MR) is 126 cm³/mol. The largest absolute Gasteiger partial charge is 0.497 e. The summed E-state index contributed by atoms with van der Waals surface area (Å²) in [6.07, 6.45) is 7.30. The third kappa shape index (κ3) is 4.19. The van der Waals surface area contributed by atoms with E-state index in [0.717, 1.165) is 48.1 Å². The van der Waals surface area contributed by atoms with Crippen LogP contribution in [-0.4, -0.2) is 32.9 Å². The number of rotatable bonds is 5. The lowest BCUT2D eigenvalue weighted by molar-refractivity contribution is 0.187. The second kappa shape index (κ2) is 8.97. The summed E-state index contributed by atoms with van der Waals surface area (Å²) in [7, 11) is 1.70. The SMILES string of the molecule is COc1ccc(-c2nn(CN3CCc4ccccc4C3)c(=S)n2C2CCCCC2)cc1. The van der Waals surface area contributed by atoms with E-state index in [4.69, 9.17) is 22.1 Å². The van der Waals surface area contributed by atoms with Crippen molar-refractivity contribution in [3.05, 3.63) is 64.4 Å². The first-order chi connectivity index (χ1) is 15.2. The Labute approximate surface area is 189 Å². The van der Waals surface area contributed by atoms with Crippen molar-refractivity contribution in [1.82, 2.24) is 19.2 Å². The van der Waals surface area contributed by atoms with E-state index in [1.54, 1.807) is 7.11 Å². The summed E-state index contributed by atoms with van der Waals surface area (Å²) in [5, 5.41) is 5.05. The molecule has 0 saturated heterocycles. The zero-order chi connectivity index (χ0) is 21.2. The molecule has 0 unspecified atom stereocenters. The van der Waals surface area contributed by atoms with Gasteiger partial charge in [0.1, 0.15) is 5.75 Å². The Morgan fingerprint density at radius 1 is 1.00 bits per heavy atom.